The second-order valence-electron chi connectivity index (χ2n) is 6.07. The van der Waals surface area contributed by atoms with Crippen molar-refractivity contribution in [3.63, 3.8) is 0 Å². The van der Waals surface area contributed by atoms with Gasteiger partial charge in [-0.05, 0) is 61.4 Å². The Hall–Kier alpha value is -1.96. The molecule has 0 aliphatic heterocycles. The largest absolute Gasteiger partial charge is 0.495 e. The molecule has 2 aromatic carbocycles. The molecule has 1 saturated carbocycles. The van der Waals surface area contributed by atoms with Gasteiger partial charge in [-0.15, -0.1) is 0 Å². The van der Waals surface area contributed by atoms with Gasteiger partial charge >= 0.3 is 0 Å². The molecule has 0 heterocycles. The van der Waals surface area contributed by atoms with Crippen molar-refractivity contribution in [2.45, 2.75) is 38.6 Å². The molecule has 1 N–H and O–H groups in total. The molecule has 0 unspecified atom stereocenters. The van der Waals surface area contributed by atoms with Gasteiger partial charge in [0.25, 0.3) is 0 Å². The molecular weight excluding hydrogens is 258 g/mol. The minimum Gasteiger partial charge on any atom is -0.495 e. The van der Waals surface area contributed by atoms with Crippen LogP contribution < -0.4 is 10.1 Å². The van der Waals surface area contributed by atoms with Gasteiger partial charge in [-0.2, -0.15) is 0 Å². The fourth-order valence-corrected chi connectivity index (χ4v) is 3.17. The second-order valence-corrected chi connectivity index (χ2v) is 6.07. The summed E-state index contributed by atoms with van der Waals surface area (Å²) in [6, 6.07) is 15.6. The molecule has 0 amide bonds. The van der Waals surface area contributed by atoms with Gasteiger partial charge in [0, 0.05) is 6.04 Å². The van der Waals surface area contributed by atoms with E-state index in [1.807, 2.05) is 0 Å². The van der Waals surface area contributed by atoms with Crippen LogP contribution in [0.4, 0.5) is 5.69 Å². The van der Waals surface area contributed by atoms with Crippen molar-refractivity contribution in [1.29, 1.82) is 0 Å². The van der Waals surface area contributed by atoms with Crippen molar-refractivity contribution in [1.82, 2.24) is 0 Å². The average molecular weight is 281 g/mol. The summed E-state index contributed by atoms with van der Waals surface area (Å²) in [4.78, 5) is 0. The smallest absolute Gasteiger partial charge is 0.142 e. The normalized spacial score (nSPS) is 20.7. The van der Waals surface area contributed by atoms with E-state index in [0.717, 1.165) is 11.4 Å². The summed E-state index contributed by atoms with van der Waals surface area (Å²) < 4.78 is 5.46. The van der Waals surface area contributed by atoms with Gasteiger partial charge < -0.3 is 10.1 Å². The molecule has 0 bridgehead atoms. The van der Waals surface area contributed by atoms with Crippen LogP contribution in [0.2, 0.25) is 0 Å². The summed E-state index contributed by atoms with van der Waals surface area (Å²) in [5, 5.41) is 3.62. The fraction of sp³-hybridized carbons (Fsp3) is 0.368. The van der Waals surface area contributed by atoms with Crippen LogP contribution in [0.5, 0.6) is 5.75 Å². The number of rotatable bonds is 4. The molecule has 0 spiro atoms. The number of aryl methyl sites for hydroxylation is 2. The summed E-state index contributed by atoms with van der Waals surface area (Å²) >= 11 is 0. The Morgan fingerprint density at radius 2 is 1.81 bits per heavy atom. The number of nitrogens with one attached hydrogen (secondary N) is 1. The molecule has 2 aromatic rings. The highest BCUT2D eigenvalue weighted by atomic mass is 16.5. The van der Waals surface area contributed by atoms with Crippen LogP contribution >= 0.6 is 0 Å². The third kappa shape index (κ3) is 2.90. The third-order valence-electron chi connectivity index (χ3n) is 4.48. The maximum atomic E-state index is 5.46. The number of benzene rings is 2. The van der Waals surface area contributed by atoms with Crippen molar-refractivity contribution in [2.75, 3.05) is 12.4 Å². The minimum atomic E-state index is 0.547. The zero-order valence-corrected chi connectivity index (χ0v) is 13.0. The first kappa shape index (κ1) is 14.0. The standard InChI is InChI=1S/C19H23NO/c1-13-8-9-18(19(10-13)21-3)20-16-11-15(12-16)17-7-5-4-6-14(17)2/h4-10,15-16,20H,11-12H2,1-3H3. The Labute approximate surface area is 127 Å². The summed E-state index contributed by atoms with van der Waals surface area (Å²) in [6.45, 7) is 4.29. The molecule has 2 heteroatoms. The third-order valence-corrected chi connectivity index (χ3v) is 4.48. The fourth-order valence-electron chi connectivity index (χ4n) is 3.17. The topological polar surface area (TPSA) is 21.3 Å². The van der Waals surface area contributed by atoms with Crippen LogP contribution in [0.3, 0.4) is 0 Å². The summed E-state index contributed by atoms with van der Waals surface area (Å²) in [7, 11) is 1.73. The number of hydrogen-bond acceptors (Lipinski definition) is 2. The van der Waals surface area contributed by atoms with E-state index in [-0.39, 0.29) is 0 Å². The SMILES string of the molecule is COc1cc(C)ccc1NC1CC(c2ccccc2C)C1. The lowest BCUT2D eigenvalue weighted by Gasteiger charge is -2.37. The first-order valence-corrected chi connectivity index (χ1v) is 7.64. The quantitative estimate of drug-likeness (QED) is 0.879. The molecule has 2 nitrogen and oxygen atoms in total. The zero-order valence-electron chi connectivity index (χ0n) is 13.0. The molecule has 0 aromatic heterocycles. The van der Waals surface area contributed by atoms with Crippen molar-refractivity contribution in [3.8, 4) is 5.75 Å². The van der Waals surface area contributed by atoms with Gasteiger partial charge in [-0.3, -0.25) is 0 Å². The molecule has 0 radical (unpaired) electrons. The first-order valence-electron chi connectivity index (χ1n) is 7.64. The Kier molecular flexibility index (Phi) is 3.87. The predicted octanol–water partition coefficient (Wildman–Crippen LogP) is 4.67. The Balaban J connectivity index is 1.64. The minimum absolute atomic E-state index is 0.547. The molecule has 21 heavy (non-hydrogen) atoms. The maximum absolute atomic E-state index is 5.46. The van der Waals surface area contributed by atoms with Crippen molar-refractivity contribution in [2.24, 2.45) is 0 Å². The van der Waals surface area contributed by atoms with E-state index in [0.29, 0.717) is 12.0 Å². The molecule has 110 valence electrons. The van der Waals surface area contributed by atoms with Gasteiger partial charge in [0.15, 0.2) is 0 Å². The van der Waals surface area contributed by atoms with E-state index >= 15 is 0 Å². The summed E-state index contributed by atoms with van der Waals surface area (Å²) in [5.41, 5.74) is 5.25. The average Bonchev–Trinajstić information content (AvgIpc) is 2.44. The van der Waals surface area contributed by atoms with E-state index < -0.39 is 0 Å². The van der Waals surface area contributed by atoms with E-state index in [1.54, 1.807) is 7.11 Å². The number of anilines is 1. The summed E-state index contributed by atoms with van der Waals surface area (Å²) in [6.07, 6.45) is 2.39. The number of ether oxygens (including phenoxy) is 1. The van der Waals surface area contributed by atoms with Crippen LogP contribution in [0.25, 0.3) is 0 Å². The molecule has 1 fully saturated rings. The Morgan fingerprint density at radius 1 is 1.05 bits per heavy atom. The van der Waals surface area contributed by atoms with Crippen LogP contribution in [0.15, 0.2) is 42.5 Å². The predicted molar refractivity (Wildman–Crippen MR) is 88.3 cm³/mol. The lowest BCUT2D eigenvalue weighted by molar-refractivity contribution is 0.369. The highest BCUT2D eigenvalue weighted by Gasteiger charge is 2.31. The second kappa shape index (κ2) is 5.80. The van der Waals surface area contributed by atoms with Gasteiger partial charge in [0.2, 0.25) is 0 Å². The summed E-state index contributed by atoms with van der Waals surface area (Å²) in [5.74, 6) is 1.63. The molecular formula is C19H23NO. The lowest BCUT2D eigenvalue weighted by atomic mass is 9.74. The molecule has 0 atom stereocenters. The Bertz CT molecular complexity index is 629. The molecule has 1 aliphatic rings. The van der Waals surface area contributed by atoms with E-state index in [2.05, 4.69) is 61.6 Å². The van der Waals surface area contributed by atoms with E-state index in [4.69, 9.17) is 4.74 Å². The van der Waals surface area contributed by atoms with Gasteiger partial charge in [-0.25, -0.2) is 0 Å². The highest BCUT2D eigenvalue weighted by molar-refractivity contribution is 5.58. The van der Waals surface area contributed by atoms with Crippen LogP contribution in [0.1, 0.15) is 35.4 Å². The van der Waals surface area contributed by atoms with Crippen molar-refractivity contribution in [3.05, 3.63) is 59.2 Å². The van der Waals surface area contributed by atoms with Crippen molar-refractivity contribution < 1.29 is 4.74 Å². The van der Waals surface area contributed by atoms with Gasteiger partial charge in [0.1, 0.15) is 5.75 Å². The van der Waals surface area contributed by atoms with Gasteiger partial charge in [0.05, 0.1) is 12.8 Å². The van der Waals surface area contributed by atoms with E-state index in [9.17, 15) is 0 Å². The highest BCUT2D eigenvalue weighted by Crippen LogP contribution is 2.40. The molecule has 1 aliphatic carbocycles. The molecule has 3 rings (SSSR count). The van der Waals surface area contributed by atoms with Crippen LogP contribution in [-0.2, 0) is 0 Å². The van der Waals surface area contributed by atoms with E-state index in [1.165, 1.54) is 29.5 Å². The van der Waals surface area contributed by atoms with Crippen LogP contribution in [0, 0.1) is 13.8 Å². The zero-order chi connectivity index (χ0) is 14.8. The number of methoxy groups -OCH3 is 1. The lowest BCUT2D eigenvalue weighted by Crippen LogP contribution is -2.34. The maximum Gasteiger partial charge on any atom is 0.142 e. The monoisotopic (exact) mass is 281 g/mol. The van der Waals surface area contributed by atoms with Crippen molar-refractivity contribution >= 4 is 5.69 Å². The Morgan fingerprint density at radius 3 is 2.52 bits per heavy atom. The first-order chi connectivity index (χ1) is 10.2. The van der Waals surface area contributed by atoms with Gasteiger partial charge in [-0.1, -0.05) is 30.3 Å². The number of hydrogen-bond donors (Lipinski definition) is 1. The molecule has 0 saturated heterocycles. The van der Waals surface area contributed by atoms with Crippen LogP contribution in [-0.4, -0.2) is 13.2 Å².